The number of nitrogens with two attached hydrogens (primary N) is 1. The Morgan fingerprint density at radius 3 is 1.46 bits per heavy atom. The lowest BCUT2D eigenvalue weighted by Gasteiger charge is -2.28. The molecule has 0 heterocycles. The zero-order valence-electron chi connectivity index (χ0n) is 22.9. The minimum absolute atomic E-state index is 0.0444. The molecule has 2 N–H and O–H groups in total. The zero-order chi connectivity index (χ0) is 30.7. The zero-order valence-corrected chi connectivity index (χ0v) is 22.9. The fourth-order valence-corrected chi connectivity index (χ4v) is 3.69. The molecule has 1 radical (unpaired) electrons. The van der Waals surface area contributed by atoms with Crippen molar-refractivity contribution in [3.8, 4) is 23.0 Å². The van der Waals surface area contributed by atoms with Crippen molar-refractivity contribution in [3.63, 3.8) is 0 Å². The highest BCUT2D eigenvalue weighted by molar-refractivity contribution is 6.14. The highest BCUT2D eigenvalue weighted by Crippen LogP contribution is 2.36. The van der Waals surface area contributed by atoms with Crippen molar-refractivity contribution in [1.29, 1.82) is 0 Å². The predicted octanol–water partition coefficient (Wildman–Crippen LogP) is 2.28. The average molecular weight is 570 g/mol. The van der Waals surface area contributed by atoms with E-state index in [-0.39, 0.29) is 24.5 Å². The molecule has 217 valence electrons. The van der Waals surface area contributed by atoms with Crippen LogP contribution in [-0.2, 0) is 24.0 Å². The number of ether oxygens (including phenoxy) is 4. The van der Waals surface area contributed by atoms with Crippen molar-refractivity contribution < 1.29 is 52.5 Å². The summed E-state index contributed by atoms with van der Waals surface area (Å²) in [6, 6.07) is 6.03. The molecule has 13 nitrogen and oxygen atoms in total. The van der Waals surface area contributed by atoms with Gasteiger partial charge in [-0.15, -0.1) is 0 Å². The second-order valence-electron chi connectivity index (χ2n) is 8.54. The second-order valence-corrected chi connectivity index (χ2v) is 8.54. The molecule has 2 aromatic rings. The number of carbonyl (C=O) groups is 6. The molecule has 0 spiro atoms. The second kappa shape index (κ2) is 15.0. The summed E-state index contributed by atoms with van der Waals surface area (Å²) in [5.41, 5.74) is 4.74. The molecule has 0 aliphatic carbocycles. The van der Waals surface area contributed by atoms with Gasteiger partial charge >= 0.3 is 23.9 Å². The summed E-state index contributed by atoms with van der Waals surface area (Å²) in [6.45, 7) is 4.53. The molecule has 2 amide bonds. The summed E-state index contributed by atoms with van der Waals surface area (Å²) in [7, 11) is 0. The summed E-state index contributed by atoms with van der Waals surface area (Å²) in [6.07, 6.45) is 2.41. The number of amides is 2. The Kier molecular flexibility index (Phi) is 11.8. The Bertz CT molecular complexity index is 1260. The normalized spacial score (nSPS) is 11.0. The fraction of sp³-hybridized carbons (Fsp3) is 0.321. The molecule has 0 unspecified atom stereocenters. The number of benzene rings is 2. The Morgan fingerprint density at radius 2 is 1.12 bits per heavy atom. The van der Waals surface area contributed by atoms with Gasteiger partial charge in [-0.2, -0.15) is 0 Å². The van der Waals surface area contributed by atoms with Crippen LogP contribution >= 0.6 is 0 Å². The van der Waals surface area contributed by atoms with E-state index in [1.165, 1.54) is 36.4 Å². The number of imide groups is 1. The molecule has 0 saturated heterocycles. The lowest BCUT2D eigenvalue weighted by atomic mass is 10.0. The maximum atomic E-state index is 14.0. The Morgan fingerprint density at radius 1 is 0.707 bits per heavy atom. The Balaban J connectivity index is 2.80. The molecule has 1 atom stereocenters. The Labute approximate surface area is 235 Å². The van der Waals surface area contributed by atoms with Crippen LogP contribution in [0.3, 0.4) is 0 Å². The summed E-state index contributed by atoms with van der Waals surface area (Å²) in [5.74, 6) is -7.11. The predicted molar refractivity (Wildman–Crippen MR) is 141 cm³/mol. The third-order valence-corrected chi connectivity index (χ3v) is 5.23. The van der Waals surface area contributed by atoms with Crippen LogP contribution in [0.25, 0.3) is 0 Å². The van der Waals surface area contributed by atoms with Crippen molar-refractivity contribution in [2.45, 2.75) is 53.0 Å². The van der Waals surface area contributed by atoms with Crippen molar-refractivity contribution in [2.75, 3.05) is 6.54 Å². The molecule has 13 heteroatoms. The van der Waals surface area contributed by atoms with Gasteiger partial charge in [-0.25, -0.2) is 0 Å². The molecular formula is C28H29N2O11. The first-order valence-electron chi connectivity index (χ1n) is 12.4. The van der Waals surface area contributed by atoms with E-state index >= 15 is 0 Å². The van der Waals surface area contributed by atoms with E-state index in [1.54, 1.807) is 6.29 Å². The van der Waals surface area contributed by atoms with E-state index in [4.69, 9.17) is 24.7 Å². The highest BCUT2D eigenvalue weighted by Gasteiger charge is 2.36. The monoisotopic (exact) mass is 569 g/mol. The van der Waals surface area contributed by atoms with Gasteiger partial charge in [0, 0.05) is 27.7 Å². The van der Waals surface area contributed by atoms with Gasteiger partial charge in [-0.05, 0) is 50.1 Å². The molecule has 0 bridgehead atoms. The lowest BCUT2D eigenvalue weighted by molar-refractivity contribution is -0.134. The van der Waals surface area contributed by atoms with Crippen molar-refractivity contribution in [3.05, 3.63) is 47.5 Å². The van der Waals surface area contributed by atoms with Crippen LogP contribution in [0.4, 0.5) is 0 Å². The van der Waals surface area contributed by atoms with E-state index < -0.39 is 64.4 Å². The SMILES string of the molecule is CC(=O)Oc1cccc(C(=O)N(C(=O)c2cccc(OC(C)=O)c2OC(C)=O)[C@H]([C]=O)CCCCN)c1OC(C)=O. The van der Waals surface area contributed by atoms with Crippen LogP contribution in [-0.4, -0.2) is 59.5 Å². The van der Waals surface area contributed by atoms with E-state index in [0.717, 1.165) is 27.7 Å². The van der Waals surface area contributed by atoms with Crippen LogP contribution in [0, 0.1) is 0 Å². The molecule has 2 aromatic carbocycles. The van der Waals surface area contributed by atoms with E-state index in [9.17, 15) is 33.6 Å². The van der Waals surface area contributed by atoms with Crippen LogP contribution < -0.4 is 24.7 Å². The fourth-order valence-electron chi connectivity index (χ4n) is 3.69. The Hall–Kier alpha value is -4.91. The molecule has 0 saturated carbocycles. The lowest BCUT2D eigenvalue weighted by Crippen LogP contribution is -2.46. The smallest absolute Gasteiger partial charge is 0.308 e. The molecule has 0 fully saturated rings. The van der Waals surface area contributed by atoms with Crippen molar-refractivity contribution in [2.24, 2.45) is 5.73 Å². The van der Waals surface area contributed by atoms with Gasteiger partial charge in [0.1, 0.15) is 6.04 Å². The van der Waals surface area contributed by atoms with Crippen molar-refractivity contribution in [1.82, 2.24) is 4.90 Å². The molecular weight excluding hydrogens is 540 g/mol. The largest absolute Gasteiger partial charge is 0.423 e. The first-order valence-corrected chi connectivity index (χ1v) is 12.4. The third kappa shape index (κ3) is 8.80. The number of unbranched alkanes of at least 4 members (excludes halogenated alkanes) is 1. The standard InChI is InChI=1S/C28H29N2O11/c1-16(32)38-23-12-7-10-21(25(23)40-18(3)34)27(36)30(20(15-31)9-5-6-14-29)28(37)22-11-8-13-24(39-17(2)33)26(22)41-19(4)35/h7-8,10-13,20H,5-6,9,14,29H2,1-4H3/t20-/m0/s1. The minimum atomic E-state index is -1.48. The number of nitrogens with zero attached hydrogens (tertiary/aromatic N) is 1. The van der Waals surface area contributed by atoms with Gasteiger partial charge in [-0.3, -0.25) is 38.5 Å². The number of rotatable bonds is 12. The topological polar surface area (TPSA) is 186 Å². The maximum absolute atomic E-state index is 14.0. The molecule has 0 aliphatic heterocycles. The molecule has 2 rings (SSSR count). The van der Waals surface area contributed by atoms with Gasteiger partial charge in [0.05, 0.1) is 11.1 Å². The summed E-state index contributed by atoms with van der Waals surface area (Å²) in [5, 5.41) is 0. The number of carbonyl (C=O) groups excluding carboxylic acids is 7. The maximum Gasteiger partial charge on any atom is 0.308 e. The first-order chi connectivity index (χ1) is 19.4. The average Bonchev–Trinajstić information content (AvgIpc) is 2.88. The summed E-state index contributed by atoms with van der Waals surface area (Å²) in [4.78, 5) is 87.7. The third-order valence-electron chi connectivity index (χ3n) is 5.23. The van der Waals surface area contributed by atoms with Crippen LogP contribution in [0.5, 0.6) is 23.0 Å². The number of hydrogen-bond donors (Lipinski definition) is 1. The van der Waals surface area contributed by atoms with E-state index in [1.807, 2.05) is 0 Å². The van der Waals surface area contributed by atoms with Gasteiger partial charge in [0.15, 0.2) is 23.0 Å². The van der Waals surface area contributed by atoms with Gasteiger partial charge < -0.3 is 24.7 Å². The summed E-state index contributed by atoms with van der Waals surface area (Å²) < 4.78 is 20.5. The summed E-state index contributed by atoms with van der Waals surface area (Å²) >= 11 is 0. The van der Waals surface area contributed by atoms with Crippen LogP contribution in [0.15, 0.2) is 36.4 Å². The highest BCUT2D eigenvalue weighted by atomic mass is 16.6. The number of para-hydroxylation sites is 2. The molecule has 41 heavy (non-hydrogen) atoms. The quantitative estimate of drug-likeness (QED) is 0.170. The molecule has 0 aliphatic rings. The number of esters is 4. The van der Waals surface area contributed by atoms with Gasteiger partial charge in [-0.1, -0.05) is 12.1 Å². The minimum Gasteiger partial charge on any atom is -0.423 e. The first kappa shape index (κ1) is 32.3. The van der Waals surface area contributed by atoms with Crippen LogP contribution in [0.1, 0.15) is 67.7 Å². The van der Waals surface area contributed by atoms with E-state index in [2.05, 4.69) is 0 Å². The molecule has 0 aromatic heterocycles. The van der Waals surface area contributed by atoms with Gasteiger partial charge in [0.25, 0.3) is 11.8 Å². The van der Waals surface area contributed by atoms with Crippen molar-refractivity contribution >= 4 is 42.0 Å². The number of hydrogen-bond acceptors (Lipinski definition) is 12. The van der Waals surface area contributed by atoms with E-state index in [0.29, 0.717) is 17.7 Å². The van der Waals surface area contributed by atoms with Crippen LogP contribution in [0.2, 0.25) is 0 Å². The van der Waals surface area contributed by atoms with Gasteiger partial charge in [0.2, 0.25) is 6.29 Å².